The number of benzene rings is 2. The van der Waals surface area contributed by atoms with Crippen LogP contribution in [0.4, 0.5) is 0 Å². The monoisotopic (exact) mass is 345 g/mol. The first-order valence-corrected chi connectivity index (χ1v) is 7.41. The molecule has 0 aliphatic carbocycles. The number of oxime groups is 1. The lowest BCUT2D eigenvalue weighted by Crippen LogP contribution is -2.10. The van der Waals surface area contributed by atoms with Gasteiger partial charge in [-0.15, -0.1) is 0 Å². The van der Waals surface area contributed by atoms with Gasteiger partial charge in [0.15, 0.2) is 0 Å². The Labute approximate surface area is 145 Å². The summed E-state index contributed by atoms with van der Waals surface area (Å²) in [4.78, 5) is 16.8. The van der Waals surface area contributed by atoms with Crippen molar-refractivity contribution in [1.29, 1.82) is 0 Å². The van der Waals surface area contributed by atoms with E-state index in [1.54, 1.807) is 30.3 Å². The number of hydrogen-bond donors (Lipinski definition) is 0. The third kappa shape index (κ3) is 4.60. The Hall–Kier alpha value is -2.79. The molecule has 0 aliphatic rings. The second-order valence-corrected chi connectivity index (χ2v) is 5.02. The minimum atomic E-state index is -0.558. The zero-order valence-corrected chi connectivity index (χ0v) is 14.0. The molecule has 0 saturated heterocycles. The molecule has 0 heterocycles. The van der Waals surface area contributed by atoms with E-state index >= 15 is 0 Å². The number of ether oxygens (including phenoxy) is 2. The lowest BCUT2D eigenvalue weighted by Gasteiger charge is -2.11. The molecule has 0 N–H and O–H groups in total. The van der Waals surface area contributed by atoms with Gasteiger partial charge in [0.2, 0.25) is 0 Å². The van der Waals surface area contributed by atoms with E-state index < -0.39 is 5.97 Å². The lowest BCUT2D eigenvalue weighted by atomic mass is 10.0. The van der Waals surface area contributed by atoms with E-state index in [0.717, 1.165) is 5.56 Å². The molecule has 2 aromatic carbocycles. The van der Waals surface area contributed by atoms with Gasteiger partial charge in [-0.05, 0) is 24.3 Å². The van der Waals surface area contributed by atoms with Crippen LogP contribution in [0, 0.1) is 0 Å². The second-order valence-electron chi connectivity index (χ2n) is 4.59. The quantitative estimate of drug-likeness (QED) is 0.199. The van der Waals surface area contributed by atoms with Crippen molar-refractivity contribution in [1.82, 2.24) is 0 Å². The molecule has 5 nitrogen and oxygen atoms in total. The van der Waals surface area contributed by atoms with Gasteiger partial charge in [0, 0.05) is 16.1 Å². The topological polar surface area (TPSA) is 57.1 Å². The van der Waals surface area contributed by atoms with E-state index in [-0.39, 0.29) is 0 Å². The molecule has 124 valence electrons. The minimum absolute atomic E-state index is 0.356. The molecule has 6 heteroatoms. The fourth-order valence-corrected chi connectivity index (χ4v) is 2.10. The Morgan fingerprint density at radius 1 is 1.08 bits per heavy atom. The molecule has 24 heavy (non-hydrogen) atoms. The predicted octanol–water partition coefficient (Wildman–Crippen LogP) is 3.80. The van der Waals surface area contributed by atoms with Gasteiger partial charge in [0.1, 0.15) is 18.6 Å². The third-order valence-corrected chi connectivity index (χ3v) is 3.25. The van der Waals surface area contributed by atoms with Crippen LogP contribution in [0.5, 0.6) is 5.75 Å². The van der Waals surface area contributed by atoms with Gasteiger partial charge in [0.05, 0.1) is 19.4 Å². The summed E-state index contributed by atoms with van der Waals surface area (Å²) in [6, 6.07) is 14.2. The van der Waals surface area contributed by atoms with Gasteiger partial charge in [0.25, 0.3) is 0 Å². The number of esters is 1. The number of carbonyl (C=O) groups excluding carboxylic acids is 1. The third-order valence-electron chi connectivity index (χ3n) is 2.99. The molecule has 0 spiro atoms. The van der Waals surface area contributed by atoms with E-state index in [9.17, 15) is 4.79 Å². The fraction of sp³-hybridized carbons (Fsp3) is 0.111. The molecule has 2 aromatic rings. The van der Waals surface area contributed by atoms with Crippen LogP contribution in [0.3, 0.4) is 0 Å². The molecule has 0 bridgehead atoms. The first kappa shape index (κ1) is 17.6. The fourth-order valence-electron chi connectivity index (χ4n) is 1.97. The van der Waals surface area contributed by atoms with Crippen molar-refractivity contribution in [3.8, 4) is 5.75 Å². The van der Waals surface area contributed by atoms with Crippen LogP contribution in [0.25, 0.3) is 0 Å². The molecule has 0 aromatic heterocycles. The normalized spacial score (nSPS) is 11.4. The number of rotatable bonds is 6. The van der Waals surface area contributed by atoms with E-state index in [1.165, 1.54) is 26.6 Å². The summed E-state index contributed by atoms with van der Waals surface area (Å²) in [5, 5.41) is 4.68. The van der Waals surface area contributed by atoms with Crippen molar-refractivity contribution in [3.05, 3.63) is 77.0 Å². The maximum atomic E-state index is 11.8. The van der Waals surface area contributed by atoms with Gasteiger partial charge in [-0.3, -0.25) is 0 Å². The molecule has 0 saturated carbocycles. The number of halogens is 1. The number of hydrogen-bond acceptors (Lipinski definition) is 5. The van der Waals surface area contributed by atoms with Crippen LogP contribution in [0.2, 0.25) is 5.02 Å². The SMILES string of the molecule is COC=CC(=O)Oc1ccccc1C(=NOC)c1ccc(Cl)cc1. The minimum Gasteiger partial charge on any atom is -0.504 e. The van der Waals surface area contributed by atoms with Crippen molar-refractivity contribution in [2.24, 2.45) is 5.16 Å². The van der Waals surface area contributed by atoms with Crippen molar-refractivity contribution in [3.63, 3.8) is 0 Å². The summed E-state index contributed by atoms with van der Waals surface area (Å²) < 4.78 is 10.1. The standard InChI is InChI=1S/C18H16ClNO4/c1-22-12-11-17(21)24-16-6-4-3-5-15(16)18(20-23-2)13-7-9-14(19)10-8-13/h3-12H,1-2H3. The highest BCUT2D eigenvalue weighted by atomic mass is 35.5. The zero-order chi connectivity index (χ0) is 17.4. The van der Waals surface area contributed by atoms with Crippen LogP contribution in [-0.4, -0.2) is 25.9 Å². The molecule has 2 rings (SSSR count). The Kier molecular flexibility index (Phi) is 6.40. The molecule has 0 radical (unpaired) electrons. The zero-order valence-electron chi connectivity index (χ0n) is 13.2. The summed E-state index contributed by atoms with van der Waals surface area (Å²) in [5.41, 5.74) is 1.91. The molecule has 0 atom stereocenters. The highest BCUT2D eigenvalue weighted by molar-refractivity contribution is 6.30. The number of para-hydroxylation sites is 1. The van der Waals surface area contributed by atoms with Crippen molar-refractivity contribution >= 4 is 23.3 Å². The highest BCUT2D eigenvalue weighted by Gasteiger charge is 2.15. The first-order valence-electron chi connectivity index (χ1n) is 7.03. The molecule has 0 amide bonds. The Balaban J connectivity index is 2.41. The Morgan fingerprint density at radius 2 is 1.79 bits per heavy atom. The van der Waals surface area contributed by atoms with Gasteiger partial charge in [-0.1, -0.05) is 41.0 Å². The van der Waals surface area contributed by atoms with Crippen molar-refractivity contribution in [2.75, 3.05) is 14.2 Å². The average molecular weight is 346 g/mol. The first-order chi connectivity index (χ1) is 11.7. The van der Waals surface area contributed by atoms with Crippen LogP contribution in [0.1, 0.15) is 11.1 Å². The average Bonchev–Trinajstić information content (AvgIpc) is 2.59. The summed E-state index contributed by atoms with van der Waals surface area (Å²) in [5.74, 6) is -0.203. The number of methoxy groups -OCH3 is 1. The molecular weight excluding hydrogens is 330 g/mol. The maximum Gasteiger partial charge on any atom is 0.339 e. The predicted molar refractivity (Wildman–Crippen MR) is 92.3 cm³/mol. The van der Waals surface area contributed by atoms with Gasteiger partial charge in [-0.25, -0.2) is 4.79 Å². The van der Waals surface area contributed by atoms with Crippen LogP contribution in [-0.2, 0) is 14.4 Å². The Morgan fingerprint density at radius 3 is 2.46 bits per heavy atom. The van der Waals surface area contributed by atoms with E-state index in [2.05, 4.69) is 5.16 Å². The summed E-state index contributed by atoms with van der Waals surface area (Å²) in [7, 11) is 2.90. The van der Waals surface area contributed by atoms with Crippen molar-refractivity contribution in [2.45, 2.75) is 0 Å². The summed E-state index contributed by atoms with van der Waals surface area (Å²) in [6.45, 7) is 0. The molecule has 0 aliphatic heterocycles. The van der Waals surface area contributed by atoms with Gasteiger partial charge >= 0.3 is 5.97 Å². The lowest BCUT2D eigenvalue weighted by molar-refractivity contribution is -0.129. The highest BCUT2D eigenvalue weighted by Crippen LogP contribution is 2.23. The maximum absolute atomic E-state index is 11.8. The van der Waals surface area contributed by atoms with E-state index in [4.69, 9.17) is 25.9 Å². The summed E-state index contributed by atoms with van der Waals surface area (Å²) in [6.07, 6.45) is 2.43. The number of carbonyl (C=O) groups is 1. The van der Waals surface area contributed by atoms with E-state index in [1.807, 2.05) is 18.2 Å². The summed E-state index contributed by atoms with van der Waals surface area (Å²) >= 11 is 5.93. The number of nitrogens with zero attached hydrogens (tertiary/aromatic N) is 1. The Bertz CT molecular complexity index is 754. The second kappa shape index (κ2) is 8.74. The van der Waals surface area contributed by atoms with Gasteiger partial charge < -0.3 is 14.3 Å². The van der Waals surface area contributed by atoms with Gasteiger partial charge in [-0.2, -0.15) is 0 Å². The van der Waals surface area contributed by atoms with Crippen molar-refractivity contribution < 1.29 is 19.1 Å². The smallest absolute Gasteiger partial charge is 0.339 e. The largest absolute Gasteiger partial charge is 0.504 e. The molecular formula is C18H16ClNO4. The van der Waals surface area contributed by atoms with Crippen LogP contribution < -0.4 is 4.74 Å². The molecule has 0 fully saturated rings. The van der Waals surface area contributed by atoms with Crippen LogP contribution in [0.15, 0.2) is 66.0 Å². The van der Waals surface area contributed by atoms with E-state index in [0.29, 0.717) is 22.0 Å². The molecule has 0 unspecified atom stereocenters. The van der Waals surface area contributed by atoms with Crippen LogP contribution >= 0.6 is 11.6 Å².